The van der Waals surface area contributed by atoms with Crippen molar-refractivity contribution in [2.75, 3.05) is 19.6 Å². The number of unbranched alkanes of at least 4 members (excludes halogenated alkanes) is 1. The summed E-state index contributed by atoms with van der Waals surface area (Å²) in [5.74, 6) is -0.0618. The molecule has 2 rings (SSSR count). The zero-order chi connectivity index (χ0) is 15.1. The molecule has 1 amide bonds. The lowest BCUT2D eigenvalue weighted by Crippen LogP contribution is -2.47. The van der Waals surface area contributed by atoms with E-state index in [0.717, 1.165) is 31.5 Å². The van der Waals surface area contributed by atoms with Crippen LogP contribution in [0.25, 0.3) is 0 Å². The van der Waals surface area contributed by atoms with Gasteiger partial charge in [0.25, 0.3) is 0 Å². The Bertz CT molecular complexity index is 427. The molecule has 3 N–H and O–H groups in total. The van der Waals surface area contributed by atoms with Crippen molar-refractivity contribution in [2.45, 2.75) is 44.7 Å². The molecule has 0 aliphatic carbocycles. The molecule has 1 atom stereocenters. The molecule has 1 aromatic carbocycles. The average molecular weight is 289 g/mol. The van der Waals surface area contributed by atoms with Crippen molar-refractivity contribution in [3.05, 3.63) is 35.9 Å². The molecule has 4 heteroatoms. The maximum atomic E-state index is 12.2. The van der Waals surface area contributed by atoms with Crippen molar-refractivity contribution in [2.24, 2.45) is 5.73 Å². The fourth-order valence-electron chi connectivity index (χ4n) is 2.79. The molecule has 1 aliphatic rings. The third-order valence-corrected chi connectivity index (χ3v) is 4.20. The van der Waals surface area contributed by atoms with Gasteiger partial charge in [-0.2, -0.15) is 0 Å². The molecule has 1 aromatic rings. The van der Waals surface area contributed by atoms with E-state index in [9.17, 15) is 4.79 Å². The topological polar surface area (TPSA) is 58.4 Å². The Hall–Kier alpha value is -1.39. The van der Waals surface area contributed by atoms with Crippen LogP contribution in [0.2, 0.25) is 0 Å². The Morgan fingerprint density at radius 1 is 1.33 bits per heavy atom. The van der Waals surface area contributed by atoms with Crippen LogP contribution in [0.5, 0.6) is 0 Å². The van der Waals surface area contributed by atoms with Crippen LogP contribution in [0.15, 0.2) is 30.3 Å². The fourth-order valence-corrected chi connectivity index (χ4v) is 2.79. The van der Waals surface area contributed by atoms with E-state index in [4.69, 9.17) is 5.73 Å². The Morgan fingerprint density at radius 2 is 2.00 bits per heavy atom. The highest BCUT2D eigenvalue weighted by atomic mass is 16.2. The van der Waals surface area contributed by atoms with Gasteiger partial charge in [-0.3, -0.25) is 4.79 Å². The molecule has 0 radical (unpaired) electrons. The summed E-state index contributed by atoms with van der Waals surface area (Å²) in [6, 6.07) is 9.26. The highest BCUT2D eigenvalue weighted by Crippen LogP contribution is 2.14. The Balaban J connectivity index is 1.77. The fraction of sp³-hybridized carbons (Fsp3) is 0.588. The van der Waals surface area contributed by atoms with E-state index in [1.165, 1.54) is 19.4 Å². The first-order valence-corrected chi connectivity index (χ1v) is 8.04. The van der Waals surface area contributed by atoms with E-state index >= 15 is 0 Å². The summed E-state index contributed by atoms with van der Waals surface area (Å²) in [6.07, 6.45) is 4.55. The highest BCUT2D eigenvalue weighted by Gasteiger charge is 2.23. The number of nitrogens with two attached hydrogens (primary N) is 1. The van der Waals surface area contributed by atoms with Crippen molar-refractivity contribution in [1.82, 2.24) is 10.2 Å². The standard InChI is InChI=1S/C17H27N3O/c1-2-3-11-20-12-9-15(10-13-20)19-17(21)16(18)14-7-5-4-6-8-14/h4-8,15-16H,2-3,9-13,18H2,1H3,(H,19,21). The van der Waals surface area contributed by atoms with Gasteiger partial charge in [-0.15, -0.1) is 0 Å². The molecule has 1 unspecified atom stereocenters. The quantitative estimate of drug-likeness (QED) is 0.843. The lowest BCUT2D eigenvalue weighted by Gasteiger charge is -2.32. The maximum Gasteiger partial charge on any atom is 0.241 e. The predicted molar refractivity (Wildman–Crippen MR) is 85.9 cm³/mol. The Kier molecular flexibility index (Phi) is 6.21. The van der Waals surface area contributed by atoms with Crippen molar-refractivity contribution < 1.29 is 4.79 Å². The third-order valence-electron chi connectivity index (χ3n) is 4.20. The number of nitrogens with zero attached hydrogens (tertiary/aromatic N) is 1. The third kappa shape index (κ3) is 4.83. The molecular formula is C17H27N3O. The molecule has 0 saturated carbocycles. The highest BCUT2D eigenvalue weighted by molar-refractivity contribution is 5.83. The number of benzene rings is 1. The maximum absolute atomic E-state index is 12.2. The van der Waals surface area contributed by atoms with Gasteiger partial charge >= 0.3 is 0 Å². The van der Waals surface area contributed by atoms with Crippen molar-refractivity contribution in [3.63, 3.8) is 0 Å². The van der Waals surface area contributed by atoms with Gasteiger partial charge in [-0.25, -0.2) is 0 Å². The van der Waals surface area contributed by atoms with Crippen LogP contribution < -0.4 is 11.1 Å². The van der Waals surface area contributed by atoms with E-state index in [1.807, 2.05) is 30.3 Å². The van der Waals surface area contributed by atoms with Crippen LogP contribution in [-0.4, -0.2) is 36.5 Å². The van der Waals surface area contributed by atoms with Gasteiger partial charge in [-0.1, -0.05) is 43.7 Å². The minimum atomic E-state index is -0.565. The minimum absolute atomic E-state index is 0.0618. The van der Waals surface area contributed by atoms with Crippen LogP contribution in [0.1, 0.15) is 44.2 Å². The molecule has 1 heterocycles. The van der Waals surface area contributed by atoms with E-state index in [-0.39, 0.29) is 11.9 Å². The predicted octanol–water partition coefficient (Wildman–Crippen LogP) is 2.07. The van der Waals surface area contributed by atoms with E-state index in [2.05, 4.69) is 17.1 Å². The lowest BCUT2D eigenvalue weighted by atomic mass is 10.0. The number of hydrogen-bond acceptors (Lipinski definition) is 3. The molecule has 1 fully saturated rings. The van der Waals surface area contributed by atoms with Crippen molar-refractivity contribution >= 4 is 5.91 Å². The number of rotatable bonds is 6. The summed E-state index contributed by atoms with van der Waals surface area (Å²) in [4.78, 5) is 14.7. The first-order valence-electron chi connectivity index (χ1n) is 8.04. The summed E-state index contributed by atoms with van der Waals surface area (Å²) < 4.78 is 0. The number of carbonyl (C=O) groups excluding carboxylic acids is 1. The van der Waals surface area contributed by atoms with Crippen LogP contribution >= 0.6 is 0 Å². The normalized spacial score (nSPS) is 18.4. The van der Waals surface area contributed by atoms with Crippen LogP contribution in [-0.2, 0) is 4.79 Å². The Labute approximate surface area is 127 Å². The molecule has 0 aromatic heterocycles. The van der Waals surface area contributed by atoms with E-state index in [0.29, 0.717) is 0 Å². The lowest BCUT2D eigenvalue weighted by molar-refractivity contribution is -0.123. The minimum Gasteiger partial charge on any atom is -0.352 e. The van der Waals surface area contributed by atoms with E-state index in [1.54, 1.807) is 0 Å². The molecule has 1 saturated heterocycles. The van der Waals surface area contributed by atoms with E-state index < -0.39 is 6.04 Å². The second kappa shape index (κ2) is 8.15. The molecule has 0 spiro atoms. The molecule has 4 nitrogen and oxygen atoms in total. The van der Waals surface area contributed by atoms with Crippen molar-refractivity contribution in [1.29, 1.82) is 0 Å². The van der Waals surface area contributed by atoms with Crippen LogP contribution in [0.4, 0.5) is 0 Å². The second-order valence-corrected chi connectivity index (χ2v) is 5.87. The van der Waals surface area contributed by atoms with Gasteiger partial charge in [-0.05, 0) is 31.4 Å². The zero-order valence-corrected chi connectivity index (χ0v) is 12.9. The van der Waals surface area contributed by atoms with Gasteiger partial charge in [0.15, 0.2) is 0 Å². The Morgan fingerprint density at radius 3 is 2.62 bits per heavy atom. The molecule has 1 aliphatic heterocycles. The second-order valence-electron chi connectivity index (χ2n) is 5.87. The SMILES string of the molecule is CCCCN1CCC(NC(=O)C(N)c2ccccc2)CC1. The molecule has 116 valence electrons. The number of amides is 1. The van der Waals surface area contributed by atoms with Crippen molar-refractivity contribution in [3.8, 4) is 0 Å². The average Bonchev–Trinajstić information content (AvgIpc) is 2.54. The smallest absolute Gasteiger partial charge is 0.241 e. The van der Waals surface area contributed by atoms with Gasteiger partial charge in [0.1, 0.15) is 6.04 Å². The largest absolute Gasteiger partial charge is 0.352 e. The number of carbonyl (C=O) groups is 1. The number of likely N-dealkylation sites (tertiary alicyclic amines) is 1. The van der Waals surface area contributed by atoms with Gasteiger partial charge < -0.3 is 16.0 Å². The van der Waals surface area contributed by atoms with Gasteiger partial charge in [0.05, 0.1) is 0 Å². The van der Waals surface area contributed by atoms with Crippen LogP contribution in [0.3, 0.4) is 0 Å². The molecule has 0 bridgehead atoms. The zero-order valence-electron chi connectivity index (χ0n) is 12.9. The number of hydrogen-bond donors (Lipinski definition) is 2. The first-order chi connectivity index (χ1) is 10.2. The number of nitrogens with one attached hydrogen (secondary N) is 1. The van der Waals surface area contributed by atoms with Crippen LogP contribution in [0, 0.1) is 0 Å². The first kappa shape index (κ1) is 16.0. The van der Waals surface area contributed by atoms with Gasteiger partial charge in [0, 0.05) is 19.1 Å². The number of piperidine rings is 1. The molecular weight excluding hydrogens is 262 g/mol. The molecule has 21 heavy (non-hydrogen) atoms. The summed E-state index contributed by atoms with van der Waals surface area (Å²) in [7, 11) is 0. The summed E-state index contributed by atoms with van der Waals surface area (Å²) in [6.45, 7) is 5.55. The summed E-state index contributed by atoms with van der Waals surface area (Å²) >= 11 is 0. The summed E-state index contributed by atoms with van der Waals surface area (Å²) in [5.41, 5.74) is 6.90. The van der Waals surface area contributed by atoms with Gasteiger partial charge in [0.2, 0.25) is 5.91 Å². The monoisotopic (exact) mass is 289 g/mol. The summed E-state index contributed by atoms with van der Waals surface area (Å²) in [5, 5.41) is 3.10.